The number of nitrogens with one attached hydrogen (secondary N) is 1. The van der Waals surface area contributed by atoms with Crippen LogP contribution in [0.4, 0.5) is 5.69 Å². The van der Waals surface area contributed by atoms with E-state index in [-0.39, 0.29) is 6.10 Å². The van der Waals surface area contributed by atoms with E-state index in [1.54, 1.807) is 0 Å². The first-order chi connectivity index (χ1) is 16.6. The standard InChI is InChI=1S/C29H28ClNO3/c1-19(20-6-9-23(30)10-7-20)28-18-32-29(34-33-28)14-12-24(13-15-29)31-25-11-8-22-16-21-4-2-3-5-26(21)27(22)17-25/h2-11,17,24,28,31H,1,12-16,18H2. The minimum Gasteiger partial charge on any atom is -0.382 e. The fourth-order valence-electron chi connectivity index (χ4n) is 5.31. The van der Waals surface area contributed by atoms with Gasteiger partial charge in [-0.15, -0.1) is 0 Å². The maximum Gasteiger partial charge on any atom is 0.201 e. The molecule has 1 spiro atoms. The quantitative estimate of drug-likeness (QED) is 0.323. The lowest BCUT2D eigenvalue weighted by Gasteiger charge is -2.43. The molecule has 0 aromatic heterocycles. The molecule has 5 heteroatoms. The second-order valence-electron chi connectivity index (χ2n) is 9.55. The lowest BCUT2D eigenvalue weighted by atomic mass is 9.89. The van der Waals surface area contributed by atoms with Crippen LogP contribution in [-0.4, -0.2) is 24.5 Å². The predicted octanol–water partition coefficient (Wildman–Crippen LogP) is 7.02. The summed E-state index contributed by atoms with van der Waals surface area (Å²) >= 11 is 5.99. The van der Waals surface area contributed by atoms with Gasteiger partial charge < -0.3 is 10.1 Å². The summed E-state index contributed by atoms with van der Waals surface area (Å²) in [6.07, 6.45) is 4.20. The van der Waals surface area contributed by atoms with Crippen molar-refractivity contribution in [2.24, 2.45) is 0 Å². The number of ether oxygens (including phenoxy) is 1. The molecule has 1 unspecified atom stereocenters. The normalized spacial score (nSPS) is 25.6. The number of halogens is 1. The molecule has 3 aliphatic rings. The Kier molecular flexibility index (Phi) is 5.70. The molecular weight excluding hydrogens is 446 g/mol. The van der Waals surface area contributed by atoms with Gasteiger partial charge >= 0.3 is 0 Å². The van der Waals surface area contributed by atoms with Crippen molar-refractivity contribution in [1.29, 1.82) is 0 Å². The monoisotopic (exact) mass is 473 g/mol. The topological polar surface area (TPSA) is 39.7 Å². The van der Waals surface area contributed by atoms with Crippen molar-refractivity contribution in [3.05, 3.63) is 95.0 Å². The lowest BCUT2D eigenvalue weighted by Crippen LogP contribution is -2.49. The van der Waals surface area contributed by atoms with Crippen molar-refractivity contribution in [2.45, 2.75) is 50.0 Å². The Morgan fingerprint density at radius 2 is 1.71 bits per heavy atom. The Morgan fingerprint density at radius 1 is 0.941 bits per heavy atom. The molecule has 2 aliphatic carbocycles. The van der Waals surface area contributed by atoms with Crippen LogP contribution in [0, 0.1) is 0 Å². The van der Waals surface area contributed by atoms with Crippen molar-refractivity contribution in [3.63, 3.8) is 0 Å². The first-order valence-electron chi connectivity index (χ1n) is 12.0. The van der Waals surface area contributed by atoms with E-state index in [2.05, 4.69) is 54.4 Å². The van der Waals surface area contributed by atoms with Crippen molar-refractivity contribution >= 4 is 22.9 Å². The van der Waals surface area contributed by atoms with Gasteiger partial charge in [0.15, 0.2) is 0 Å². The minimum atomic E-state index is -0.661. The van der Waals surface area contributed by atoms with Gasteiger partial charge in [0.05, 0.1) is 6.61 Å². The van der Waals surface area contributed by atoms with Gasteiger partial charge in [-0.1, -0.05) is 60.6 Å². The Morgan fingerprint density at radius 3 is 2.47 bits per heavy atom. The Bertz CT molecular complexity index is 1200. The van der Waals surface area contributed by atoms with Crippen LogP contribution in [0.2, 0.25) is 5.02 Å². The maximum absolute atomic E-state index is 6.22. The van der Waals surface area contributed by atoms with Gasteiger partial charge in [0, 0.05) is 29.6 Å². The summed E-state index contributed by atoms with van der Waals surface area (Å²) in [5.74, 6) is -0.661. The van der Waals surface area contributed by atoms with E-state index >= 15 is 0 Å². The number of anilines is 1. The van der Waals surface area contributed by atoms with Crippen molar-refractivity contribution in [2.75, 3.05) is 11.9 Å². The van der Waals surface area contributed by atoms with Gasteiger partial charge in [-0.05, 0) is 76.9 Å². The summed E-state index contributed by atoms with van der Waals surface area (Å²) in [4.78, 5) is 11.6. The minimum absolute atomic E-state index is 0.322. The van der Waals surface area contributed by atoms with E-state index in [0.29, 0.717) is 17.7 Å². The highest BCUT2D eigenvalue weighted by Crippen LogP contribution is 2.41. The van der Waals surface area contributed by atoms with Crippen LogP contribution in [0.5, 0.6) is 0 Å². The van der Waals surface area contributed by atoms with Crippen molar-refractivity contribution in [1.82, 2.24) is 0 Å². The van der Waals surface area contributed by atoms with Crippen LogP contribution in [0.1, 0.15) is 42.4 Å². The molecule has 1 aliphatic heterocycles. The molecule has 6 rings (SSSR count). The van der Waals surface area contributed by atoms with Crippen LogP contribution in [0.15, 0.2) is 73.3 Å². The smallest absolute Gasteiger partial charge is 0.201 e. The zero-order valence-corrected chi connectivity index (χ0v) is 19.8. The summed E-state index contributed by atoms with van der Waals surface area (Å²) in [6.45, 7) is 4.61. The fraction of sp³-hybridized carbons (Fsp3) is 0.310. The number of benzene rings is 3. The highest BCUT2D eigenvalue weighted by atomic mass is 35.5. The molecule has 0 radical (unpaired) electrons. The number of hydrogen-bond donors (Lipinski definition) is 1. The average Bonchev–Trinajstić information content (AvgIpc) is 3.24. The van der Waals surface area contributed by atoms with E-state index in [9.17, 15) is 0 Å². The van der Waals surface area contributed by atoms with E-state index in [0.717, 1.165) is 43.2 Å². The maximum atomic E-state index is 6.22. The third-order valence-corrected chi connectivity index (χ3v) is 7.59. The van der Waals surface area contributed by atoms with Gasteiger partial charge in [-0.2, -0.15) is 0 Å². The largest absolute Gasteiger partial charge is 0.382 e. The second kappa shape index (κ2) is 8.86. The van der Waals surface area contributed by atoms with Crippen molar-refractivity contribution in [3.8, 4) is 11.1 Å². The van der Waals surface area contributed by atoms with Crippen LogP contribution in [0.3, 0.4) is 0 Å². The van der Waals surface area contributed by atoms with E-state index in [1.807, 2.05) is 24.3 Å². The summed E-state index contributed by atoms with van der Waals surface area (Å²) < 4.78 is 6.22. The summed E-state index contributed by atoms with van der Waals surface area (Å²) in [5.41, 5.74) is 8.52. The van der Waals surface area contributed by atoms with Crippen LogP contribution in [0.25, 0.3) is 16.7 Å². The molecule has 174 valence electrons. The van der Waals surface area contributed by atoms with Gasteiger partial charge in [-0.3, -0.25) is 0 Å². The summed E-state index contributed by atoms with van der Waals surface area (Å²) in [7, 11) is 0. The molecule has 0 amide bonds. The summed E-state index contributed by atoms with van der Waals surface area (Å²) in [6, 6.07) is 23.4. The van der Waals surface area contributed by atoms with Crippen LogP contribution in [-0.2, 0) is 20.9 Å². The van der Waals surface area contributed by atoms with Crippen LogP contribution < -0.4 is 5.32 Å². The third-order valence-electron chi connectivity index (χ3n) is 7.33. The molecule has 4 nitrogen and oxygen atoms in total. The molecule has 34 heavy (non-hydrogen) atoms. The van der Waals surface area contributed by atoms with E-state index in [1.165, 1.54) is 27.9 Å². The summed E-state index contributed by atoms with van der Waals surface area (Å²) in [5, 5.41) is 4.44. The average molecular weight is 474 g/mol. The zero-order chi connectivity index (χ0) is 23.1. The molecule has 3 aromatic carbocycles. The fourth-order valence-corrected chi connectivity index (χ4v) is 5.44. The molecule has 2 fully saturated rings. The van der Waals surface area contributed by atoms with Gasteiger partial charge in [0.25, 0.3) is 0 Å². The first-order valence-corrected chi connectivity index (χ1v) is 12.4. The van der Waals surface area contributed by atoms with Crippen molar-refractivity contribution < 1.29 is 14.5 Å². The van der Waals surface area contributed by atoms with Gasteiger partial charge in [-0.25, -0.2) is 9.78 Å². The highest BCUT2D eigenvalue weighted by Gasteiger charge is 2.43. The molecule has 1 atom stereocenters. The van der Waals surface area contributed by atoms with Gasteiger partial charge in [0.1, 0.15) is 6.10 Å². The van der Waals surface area contributed by atoms with Crippen LogP contribution >= 0.6 is 11.6 Å². The predicted molar refractivity (Wildman–Crippen MR) is 136 cm³/mol. The number of fused-ring (bicyclic) bond motifs is 3. The molecule has 0 bridgehead atoms. The zero-order valence-electron chi connectivity index (χ0n) is 19.1. The Labute approximate surface area is 205 Å². The Hall–Kier alpha value is -2.63. The molecule has 3 aromatic rings. The molecular formula is C29H28ClNO3. The number of hydrogen-bond acceptors (Lipinski definition) is 4. The SMILES string of the molecule is C=C(c1ccc(Cl)cc1)C1COC2(CCC(Nc3ccc4c(c3)-c3ccccc3C4)CC2)OO1. The van der Waals surface area contributed by atoms with Gasteiger partial charge in [0.2, 0.25) is 5.79 Å². The second-order valence-corrected chi connectivity index (χ2v) is 9.98. The van der Waals surface area contributed by atoms with E-state index in [4.69, 9.17) is 26.1 Å². The lowest BCUT2D eigenvalue weighted by molar-refractivity contribution is -0.483. The van der Waals surface area contributed by atoms with E-state index < -0.39 is 5.79 Å². The third kappa shape index (κ3) is 4.16. The molecule has 1 N–H and O–H groups in total. The molecule has 1 saturated carbocycles. The Balaban J connectivity index is 1.05. The highest BCUT2D eigenvalue weighted by molar-refractivity contribution is 6.30. The molecule has 1 heterocycles. The molecule has 1 saturated heterocycles. The number of rotatable bonds is 4. The first kappa shape index (κ1) is 21.9.